The van der Waals surface area contributed by atoms with Gasteiger partial charge < -0.3 is 28.5 Å². The van der Waals surface area contributed by atoms with Crippen LogP contribution in [0.4, 0.5) is 10.1 Å². The first-order chi connectivity index (χ1) is 20.7. The van der Waals surface area contributed by atoms with E-state index in [-0.39, 0.29) is 6.42 Å². The van der Waals surface area contributed by atoms with Crippen molar-refractivity contribution in [3.63, 3.8) is 0 Å². The Morgan fingerprint density at radius 2 is 1.86 bits per heavy atom. The van der Waals surface area contributed by atoms with Gasteiger partial charge in [0.05, 0.1) is 43.8 Å². The number of hydrogen-bond acceptors (Lipinski definition) is 8. The molecular weight excluding hydrogens is 568 g/mol. The van der Waals surface area contributed by atoms with Crippen molar-refractivity contribution >= 4 is 21.2 Å². The van der Waals surface area contributed by atoms with Crippen LogP contribution in [-0.2, 0) is 23.0 Å². The van der Waals surface area contributed by atoms with Gasteiger partial charge in [-0.25, -0.2) is 14.1 Å². The molecule has 4 aromatic rings. The second kappa shape index (κ2) is 14.6. The van der Waals surface area contributed by atoms with Crippen molar-refractivity contribution in [1.82, 2.24) is 19.7 Å². The number of likely N-dealkylation sites (N-methyl/N-ethyl adjacent to an activating group) is 1. The van der Waals surface area contributed by atoms with E-state index in [1.54, 1.807) is 35.3 Å². The Morgan fingerprint density at radius 3 is 2.49 bits per heavy atom. The average Bonchev–Trinajstić information content (AvgIpc) is 3.65. The quantitative estimate of drug-likeness (QED) is 0.167. The number of rotatable bonds is 10. The summed E-state index contributed by atoms with van der Waals surface area (Å²) in [5.41, 5.74) is 3.98. The fourth-order valence-electron chi connectivity index (χ4n) is 4.72. The van der Waals surface area contributed by atoms with E-state index in [0.717, 1.165) is 61.8 Å². The number of hydrogen-bond donors (Lipinski definition) is 0. The van der Waals surface area contributed by atoms with Gasteiger partial charge in [0.1, 0.15) is 23.1 Å². The molecule has 2 aromatic heterocycles. The topological polar surface area (TPSA) is 85.9 Å². The SMILES string of the molecule is CCOc1cc(N2CCN(C)CC2)ccc1-c1cnc(CC)o1.COc1cn(-c2cccc(C(C)(F)P)c2)nc1CC=O. The number of anilines is 1. The molecule has 11 heteroatoms. The monoisotopic (exact) mass is 609 g/mol. The highest BCUT2D eigenvalue weighted by Crippen LogP contribution is 2.35. The van der Waals surface area contributed by atoms with Gasteiger partial charge in [0.15, 0.2) is 17.4 Å². The van der Waals surface area contributed by atoms with Crippen LogP contribution in [0, 0.1) is 0 Å². The number of ether oxygens (including phenoxy) is 2. The third-order valence-electron chi connectivity index (χ3n) is 7.18. The van der Waals surface area contributed by atoms with Crippen LogP contribution < -0.4 is 14.4 Å². The molecule has 0 spiro atoms. The number of carbonyl (C=O) groups excluding carboxylic acids is 1. The zero-order valence-electron chi connectivity index (χ0n) is 25.5. The highest BCUT2D eigenvalue weighted by molar-refractivity contribution is 7.18. The lowest BCUT2D eigenvalue weighted by Crippen LogP contribution is -2.44. The zero-order valence-corrected chi connectivity index (χ0v) is 26.7. The van der Waals surface area contributed by atoms with Gasteiger partial charge in [0.25, 0.3) is 0 Å². The molecule has 1 aliphatic heterocycles. The first-order valence-corrected chi connectivity index (χ1v) is 15.0. The Kier molecular flexibility index (Phi) is 10.9. The maximum atomic E-state index is 14.0. The summed E-state index contributed by atoms with van der Waals surface area (Å²) >= 11 is 0. The molecule has 43 heavy (non-hydrogen) atoms. The summed E-state index contributed by atoms with van der Waals surface area (Å²) in [4.78, 5) is 19.7. The van der Waals surface area contributed by atoms with Crippen molar-refractivity contribution in [2.75, 3.05) is 51.8 Å². The summed E-state index contributed by atoms with van der Waals surface area (Å²) in [7, 11) is 5.85. The molecular formula is C32H41FN5O4P. The van der Waals surface area contributed by atoms with Gasteiger partial charge >= 0.3 is 0 Å². The Bertz CT molecular complexity index is 1490. The van der Waals surface area contributed by atoms with Crippen LogP contribution in [0.2, 0.25) is 0 Å². The highest BCUT2D eigenvalue weighted by Gasteiger charge is 2.20. The number of carbonyl (C=O) groups is 1. The standard InChI is InChI=1S/C18H25N3O2.C14H16FN2O2P/c1-4-18-19-13-17(23-18)15-7-6-14(12-16(15)22-5-2)21-10-8-20(3)9-11-21;1-14(15,20)10-4-3-5-11(8-10)17-9-13(19-2)12(16-17)6-7-18/h6-7,12-13H,4-5,8-11H2,1-3H3;3-5,7-9H,6,20H2,1-2H3. The predicted octanol–water partition coefficient (Wildman–Crippen LogP) is 5.69. The molecule has 2 atom stereocenters. The third-order valence-corrected chi connectivity index (χ3v) is 7.51. The van der Waals surface area contributed by atoms with E-state index in [9.17, 15) is 9.18 Å². The van der Waals surface area contributed by atoms with E-state index >= 15 is 0 Å². The lowest BCUT2D eigenvalue weighted by molar-refractivity contribution is -0.107. The first-order valence-electron chi connectivity index (χ1n) is 14.5. The van der Waals surface area contributed by atoms with Gasteiger partial charge in [-0.05, 0) is 50.7 Å². The number of nitrogens with zero attached hydrogens (tertiary/aromatic N) is 5. The van der Waals surface area contributed by atoms with Crippen LogP contribution >= 0.6 is 9.24 Å². The van der Waals surface area contributed by atoms with Crippen molar-refractivity contribution < 1.29 is 23.1 Å². The van der Waals surface area contributed by atoms with Gasteiger partial charge in [-0.1, -0.05) is 28.3 Å². The van der Waals surface area contributed by atoms with Gasteiger partial charge in [0, 0.05) is 44.4 Å². The van der Waals surface area contributed by atoms with E-state index in [0.29, 0.717) is 29.3 Å². The summed E-state index contributed by atoms with van der Waals surface area (Å²) in [5.74, 6) is 2.93. The fraction of sp³-hybridized carbons (Fsp3) is 0.406. The maximum absolute atomic E-state index is 14.0. The molecule has 0 amide bonds. The second-order valence-corrected chi connectivity index (χ2v) is 11.5. The van der Waals surface area contributed by atoms with Crippen LogP contribution in [0.25, 0.3) is 17.0 Å². The molecule has 0 radical (unpaired) electrons. The lowest BCUT2D eigenvalue weighted by Gasteiger charge is -2.34. The van der Waals surface area contributed by atoms with Crippen molar-refractivity contribution in [2.24, 2.45) is 0 Å². The molecule has 1 fully saturated rings. The number of aromatic nitrogens is 3. The molecule has 0 N–H and O–H groups in total. The molecule has 230 valence electrons. The number of oxazole rings is 1. The van der Waals surface area contributed by atoms with Crippen LogP contribution in [0.1, 0.15) is 37.9 Å². The van der Waals surface area contributed by atoms with E-state index < -0.39 is 5.41 Å². The van der Waals surface area contributed by atoms with Crippen LogP contribution in [0.5, 0.6) is 11.5 Å². The molecule has 0 saturated carbocycles. The highest BCUT2D eigenvalue weighted by atomic mass is 31.0. The first kappa shape index (κ1) is 32.2. The summed E-state index contributed by atoms with van der Waals surface area (Å²) < 4.78 is 32.4. The summed E-state index contributed by atoms with van der Waals surface area (Å²) in [5, 5.41) is 2.79. The molecule has 0 aliphatic carbocycles. The molecule has 1 aliphatic rings. The second-order valence-electron chi connectivity index (χ2n) is 10.5. The molecule has 9 nitrogen and oxygen atoms in total. The molecule has 0 bridgehead atoms. The van der Waals surface area contributed by atoms with Crippen molar-refractivity contribution in [3.05, 3.63) is 72.0 Å². The van der Waals surface area contributed by atoms with Crippen molar-refractivity contribution in [2.45, 2.75) is 39.0 Å². The average molecular weight is 610 g/mol. The molecule has 3 heterocycles. The summed E-state index contributed by atoms with van der Waals surface area (Å²) in [6.45, 7) is 10.4. The smallest absolute Gasteiger partial charge is 0.194 e. The number of methoxy groups -OCH3 is 1. The van der Waals surface area contributed by atoms with E-state index in [1.165, 1.54) is 19.7 Å². The zero-order chi connectivity index (χ0) is 31.0. The Balaban J connectivity index is 0.000000199. The molecule has 2 unspecified atom stereocenters. The summed E-state index contributed by atoms with van der Waals surface area (Å²) in [6.07, 6.45) is 5.21. The van der Waals surface area contributed by atoms with Gasteiger partial charge in [0.2, 0.25) is 0 Å². The van der Waals surface area contributed by atoms with Gasteiger partial charge in [-0.3, -0.25) is 0 Å². The molecule has 1 saturated heterocycles. The number of aryl methyl sites for hydroxylation is 1. The fourth-order valence-corrected chi connectivity index (χ4v) is 4.90. The van der Waals surface area contributed by atoms with Crippen molar-refractivity contribution in [1.29, 1.82) is 0 Å². The number of alkyl halides is 1. The minimum atomic E-state index is -1.50. The van der Waals surface area contributed by atoms with Crippen LogP contribution in [0.3, 0.4) is 0 Å². The van der Waals surface area contributed by atoms with Crippen molar-refractivity contribution in [3.8, 4) is 28.5 Å². The molecule has 5 rings (SSSR count). The van der Waals surface area contributed by atoms with Crippen LogP contribution in [0.15, 0.2) is 59.3 Å². The molecule has 2 aromatic carbocycles. The number of halogens is 1. The maximum Gasteiger partial charge on any atom is 0.194 e. The van der Waals surface area contributed by atoms with Gasteiger partial charge in [-0.2, -0.15) is 5.10 Å². The Morgan fingerprint density at radius 1 is 1.09 bits per heavy atom. The largest absolute Gasteiger partial charge is 0.493 e. The van der Waals surface area contributed by atoms with E-state index in [2.05, 4.69) is 54.4 Å². The van der Waals surface area contributed by atoms with Crippen LogP contribution in [-0.4, -0.2) is 72.9 Å². The van der Waals surface area contributed by atoms with E-state index in [4.69, 9.17) is 13.9 Å². The third kappa shape index (κ3) is 8.21. The normalized spacial score (nSPS) is 14.9. The van der Waals surface area contributed by atoms with E-state index in [1.807, 2.05) is 19.9 Å². The number of piperazine rings is 1. The minimum Gasteiger partial charge on any atom is -0.493 e. The lowest BCUT2D eigenvalue weighted by atomic mass is 10.1. The predicted molar refractivity (Wildman–Crippen MR) is 170 cm³/mol. The Hall–Kier alpha value is -3.75. The summed E-state index contributed by atoms with van der Waals surface area (Å²) in [6, 6.07) is 13.4. The number of benzene rings is 2. The minimum absolute atomic E-state index is 0.181. The Labute approximate surface area is 255 Å². The van der Waals surface area contributed by atoms with Gasteiger partial charge in [-0.15, -0.1) is 0 Å². The number of aldehydes is 1.